The van der Waals surface area contributed by atoms with Crippen LogP contribution in [0.25, 0.3) is 0 Å². The van der Waals surface area contributed by atoms with Crippen LogP contribution in [-0.2, 0) is 20.6 Å². The molecule has 3 aliphatic heterocycles. The third-order valence-corrected chi connectivity index (χ3v) is 6.85. The van der Waals surface area contributed by atoms with Crippen molar-refractivity contribution in [2.75, 3.05) is 45.8 Å². The van der Waals surface area contributed by atoms with Crippen LogP contribution in [0, 0.1) is 0 Å². The average molecular weight is 520 g/mol. The van der Waals surface area contributed by atoms with Gasteiger partial charge in [-0.1, -0.05) is 18.2 Å². The fourth-order valence-corrected chi connectivity index (χ4v) is 4.83. The number of nitrogens with zero attached hydrogens (tertiary/aromatic N) is 4. The Hall–Kier alpha value is -3.83. The Bertz CT molecular complexity index is 1140. The van der Waals surface area contributed by atoms with Crippen LogP contribution in [0.5, 0.6) is 0 Å². The molecule has 0 radical (unpaired) electrons. The Balaban J connectivity index is 1.49. The Labute approximate surface area is 212 Å². The molecule has 1 atom stereocenters. The molecule has 0 aromatic heterocycles. The van der Waals surface area contributed by atoms with Crippen molar-refractivity contribution in [3.8, 4) is 0 Å². The molecule has 4 rings (SSSR count). The van der Waals surface area contributed by atoms with Crippen molar-refractivity contribution in [1.29, 1.82) is 0 Å². The van der Waals surface area contributed by atoms with Crippen LogP contribution in [0.3, 0.4) is 0 Å². The molecule has 1 aromatic rings. The minimum Gasteiger partial charge on any atom is -0.339 e. The van der Waals surface area contributed by atoms with Crippen molar-refractivity contribution >= 4 is 23.8 Å². The zero-order chi connectivity index (χ0) is 26.9. The molecule has 0 spiro atoms. The number of alkyl halides is 3. The highest BCUT2D eigenvalue weighted by atomic mass is 19.4. The Morgan fingerprint density at radius 1 is 1.08 bits per heavy atom. The normalized spacial score (nSPS) is 20.3. The number of amides is 5. The second-order valence-corrected chi connectivity index (χ2v) is 9.13. The number of nitrogens with one attached hydrogen (secondary N) is 1. The first-order valence-corrected chi connectivity index (χ1v) is 11.9. The molecule has 1 fully saturated rings. The Morgan fingerprint density at radius 2 is 1.70 bits per heavy atom. The van der Waals surface area contributed by atoms with E-state index in [0.717, 1.165) is 12.1 Å². The van der Waals surface area contributed by atoms with E-state index in [-0.39, 0.29) is 49.3 Å². The van der Waals surface area contributed by atoms with E-state index in [9.17, 15) is 32.3 Å². The number of hydrogen-bond acceptors (Lipinski definition) is 4. The van der Waals surface area contributed by atoms with Gasteiger partial charge >= 0.3 is 12.2 Å². The molecule has 3 aliphatic rings. The van der Waals surface area contributed by atoms with E-state index in [2.05, 4.69) is 11.9 Å². The molecule has 1 aromatic carbocycles. The fraction of sp³-hybridized carbons (Fsp3) is 0.440. The lowest BCUT2D eigenvalue weighted by molar-refractivity contribution is -0.139. The third kappa shape index (κ3) is 5.32. The third-order valence-electron chi connectivity index (χ3n) is 6.85. The maximum absolute atomic E-state index is 13.4. The number of benzene rings is 1. The summed E-state index contributed by atoms with van der Waals surface area (Å²) in [6, 6.07) is 2.93. The molecule has 0 aliphatic carbocycles. The smallest absolute Gasteiger partial charge is 0.339 e. The van der Waals surface area contributed by atoms with Crippen molar-refractivity contribution in [2.45, 2.75) is 25.6 Å². The standard InChI is InChI=1S/C25H28F3N5O4/c1-3-9-33-19-15-32(10-8-20(35)31-13-11-30(12-14-31)16(2)34)23(36)21(19)22(29-24(33)37)17-4-6-18(7-5-17)25(26,27)28/h3-7,22H,1,8-15H2,2H3,(H,29,37). The number of piperazine rings is 1. The van der Waals surface area contributed by atoms with Crippen LogP contribution in [0.2, 0.25) is 0 Å². The van der Waals surface area contributed by atoms with Crippen molar-refractivity contribution in [3.05, 3.63) is 59.3 Å². The van der Waals surface area contributed by atoms with Gasteiger partial charge in [0.15, 0.2) is 0 Å². The predicted molar refractivity (Wildman–Crippen MR) is 127 cm³/mol. The van der Waals surface area contributed by atoms with Gasteiger partial charge in [0.2, 0.25) is 11.8 Å². The highest BCUT2D eigenvalue weighted by Crippen LogP contribution is 2.37. The summed E-state index contributed by atoms with van der Waals surface area (Å²) in [5, 5.41) is 2.72. The second kappa shape index (κ2) is 10.3. The van der Waals surface area contributed by atoms with Gasteiger partial charge in [-0.2, -0.15) is 13.2 Å². The molecule has 0 saturated carbocycles. The van der Waals surface area contributed by atoms with E-state index in [1.807, 2.05) is 0 Å². The van der Waals surface area contributed by atoms with Crippen molar-refractivity contribution in [3.63, 3.8) is 0 Å². The fourth-order valence-electron chi connectivity index (χ4n) is 4.83. The summed E-state index contributed by atoms with van der Waals surface area (Å²) in [5.74, 6) is -0.568. The van der Waals surface area contributed by atoms with Gasteiger partial charge in [-0.05, 0) is 17.7 Å². The number of urea groups is 1. The van der Waals surface area contributed by atoms with Gasteiger partial charge in [-0.3, -0.25) is 19.3 Å². The van der Waals surface area contributed by atoms with Crippen LogP contribution in [0.1, 0.15) is 30.5 Å². The summed E-state index contributed by atoms with van der Waals surface area (Å²) in [4.78, 5) is 56.7. The van der Waals surface area contributed by atoms with Crippen molar-refractivity contribution < 1.29 is 32.3 Å². The highest BCUT2D eigenvalue weighted by Gasteiger charge is 2.44. The summed E-state index contributed by atoms with van der Waals surface area (Å²) >= 11 is 0. The minimum absolute atomic E-state index is 0.0405. The second-order valence-electron chi connectivity index (χ2n) is 9.13. The minimum atomic E-state index is -4.51. The molecule has 1 saturated heterocycles. The lowest BCUT2D eigenvalue weighted by atomic mass is 9.94. The van der Waals surface area contributed by atoms with E-state index in [0.29, 0.717) is 37.4 Å². The zero-order valence-corrected chi connectivity index (χ0v) is 20.4. The first-order chi connectivity index (χ1) is 17.5. The van der Waals surface area contributed by atoms with E-state index < -0.39 is 23.8 Å². The summed E-state index contributed by atoms with van der Waals surface area (Å²) in [7, 11) is 0. The first-order valence-electron chi connectivity index (χ1n) is 11.9. The predicted octanol–water partition coefficient (Wildman–Crippen LogP) is 2.13. The van der Waals surface area contributed by atoms with Gasteiger partial charge in [-0.15, -0.1) is 6.58 Å². The van der Waals surface area contributed by atoms with Gasteiger partial charge in [0.1, 0.15) is 0 Å². The molecular formula is C25H28F3N5O4. The molecule has 12 heteroatoms. The number of carbonyl (C=O) groups is 4. The topological polar surface area (TPSA) is 93.3 Å². The maximum Gasteiger partial charge on any atom is 0.416 e. The van der Waals surface area contributed by atoms with Gasteiger partial charge in [0.05, 0.1) is 29.4 Å². The highest BCUT2D eigenvalue weighted by molar-refractivity contribution is 6.01. The zero-order valence-electron chi connectivity index (χ0n) is 20.4. The molecule has 3 heterocycles. The van der Waals surface area contributed by atoms with E-state index in [1.165, 1.54) is 34.9 Å². The Morgan fingerprint density at radius 3 is 2.27 bits per heavy atom. The molecule has 37 heavy (non-hydrogen) atoms. The molecule has 5 amide bonds. The molecule has 198 valence electrons. The van der Waals surface area contributed by atoms with Crippen LogP contribution >= 0.6 is 0 Å². The van der Waals surface area contributed by atoms with E-state index in [4.69, 9.17) is 0 Å². The van der Waals surface area contributed by atoms with Gasteiger partial charge in [0.25, 0.3) is 5.91 Å². The molecule has 0 bridgehead atoms. The quantitative estimate of drug-likeness (QED) is 0.583. The summed E-state index contributed by atoms with van der Waals surface area (Å²) in [5.41, 5.74) is 0.231. The molecule has 1 unspecified atom stereocenters. The summed E-state index contributed by atoms with van der Waals surface area (Å²) < 4.78 is 39.1. The Kier molecular flexibility index (Phi) is 7.28. The van der Waals surface area contributed by atoms with E-state index in [1.54, 1.807) is 9.80 Å². The maximum atomic E-state index is 13.4. The van der Waals surface area contributed by atoms with Gasteiger partial charge in [-0.25, -0.2) is 4.79 Å². The number of hydrogen-bond donors (Lipinski definition) is 1. The number of carbonyl (C=O) groups excluding carboxylic acids is 4. The molecule has 9 nitrogen and oxygen atoms in total. The SMILES string of the molecule is C=CCN1C(=O)NC(c2ccc(C(F)(F)F)cc2)C2=C1CN(CCC(=O)N1CCN(C(C)=O)CC1)C2=O. The van der Waals surface area contributed by atoms with Crippen molar-refractivity contribution in [1.82, 2.24) is 24.9 Å². The van der Waals surface area contributed by atoms with E-state index >= 15 is 0 Å². The van der Waals surface area contributed by atoms with Gasteiger partial charge < -0.3 is 20.0 Å². The monoisotopic (exact) mass is 519 g/mol. The van der Waals surface area contributed by atoms with Crippen LogP contribution in [-0.4, -0.2) is 89.2 Å². The van der Waals surface area contributed by atoms with Crippen LogP contribution in [0.15, 0.2) is 48.2 Å². The number of rotatable bonds is 6. The van der Waals surface area contributed by atoms with Crippen LogP contribution < -0.4 is 5.32 Å². The molecule has 1 N–H and O–H groups in total. The first kappa shape index (κ1) is 26.2. The summed E-state index contributed by atoms with van der Waals surface area (Å²) in [6.07, 6.45) is -2.93. The molecular weight excluding hydrogens is 491 g/mol. The van der Waals surface area contributed by atoms with Crippen molar-refractivity contribution in [2.24, 2.45) is 0 Å². The average Bonchev–Trinajstić information content (AvgIpc) is 3.19. The van der Waals surface area contributed by atoms with Gasteiger partial charge in [0, 0.05) is 52.6 Å². The summed E-state index contributed by atoms with van der Waals surface area (Å²) in [6.45, 7) is 7.25. The largest absolute Gasteiger partial charge is 0.416 e. The lowest BCUT2D eigenvalue weighted by Gasteiger charge is -2.34. The lowest BCUT2D eigenvalue weighted by Crippen LogP contribution is -2.50. The number of halogens is 3. The van der Waals surface area contributed by atoms with Crippen LogP contribution in [0.4, 0.5) is 18.0 Å².